The van der Waals surface area contributed by atoms with E-state index in [2.05, 4.69) is 79.3 Å². The summed E-state index contributed by atoms with van der Waals surface area (Å²) in [6.45, 7) is 0. The number of allylic oxidation sites excluding steroid dienone is 8. The van der Waals surface area contributed by atoms with Crippen molar-refractivity contribution in [1.29, 1.82) is 0 Å². The van der Waals surface area contributed by atoms with Crippen molar-refractivity contribution < 1.29 is 25.8 Å². The minimum atomic E-state index is 0. The number of hydrogen-bond donors (Lipinski definition) is 0. The van der Waals surface area contributed by atoms with Crippen LogP contribution in [0, 0.1) is 18.6 Å². The second kappa shape index (κ2) is 18.5. The van der Waals surface area contributed by atoms with Crippen molar-refractivity contribution >= 4 is 24.8 Å². The van der Waals surface area contributed by atoms with Crippen LogP contribution in [0.2, 0.25) is 0 Å². The fraction of sp³-hybridized carbons (Fsp3) is 0.0870. The Morgan fingerprint density at radius 1 is 0.615 bits per heavy atom. The van der Waals surface area contributed by atoms with Gasteiger partial charge in [0, 0.05) is 25.8 Å². The predicted molar refractivity (Wildman–Crippen MR) is 113 cm³/mol. The van der Waals surface area contributed by atoms with Gasteiger partial charge in [0.25, 0.3) is 0 Å². The largest absolute Gasteiger partial charge is 0.273 e. The topological polar surface area (TPSA) is 0 Å². The van der Waals surface area contributed by atoms with E-state index in [0.29, 0.717) is 0 Å². The molecular formula is C23H23Cl2Hf-3. The Morgan fingerprint density at radius 2 is 1.00 bits per heavy atom. The Labute approximate surface area is 189 Å². The van der Waals surface area contributed by atoms with Crippen molar-refractivity contribution in [2.75, 3.05) is 0 Å². The van der Waals surface area contributed by atoms with Crippen LogP contribution in [0.25, 0.3) is 0 Å². The fourth-order valence-corrected chi connectivity index (χ4v) is 1.97. The molecule has 0 saturated heterocycles. The fourth-order valence-electron chi connectivity index (χ4n) is 1.97. The summed E-state index contributed by atoms with van der Waals surface area (Å²) in [5.41, 5.74) is 2.49. The van der Waals surface area contributed by atoms with Gasteiger partial charge in [0.05, 0.1) is 0 Å². The van der Waals surface area contributed by atoms with Crippen LogP contribution < -0.4 is 0 Å². The SMILES string of the molecule is Cl.Cl.[C-]1=CC=CC1.[C-]1=CC=CC1.[Hf].c1ccc([CH-]c2ccccc2)cc1. The van der Waals surface area contributed by atoms with Gasteiger partial charge in [0.15, 0.2) is 0 Å². The van der Waals surface area contributed by atoms with Crippen LogP contribution in [-0.4, -0.2) is 0 Å². The van der Waals surface area contributed by atoms with Crippen molar-refractivity contribution in [3.63, 3.8) is 0 Å². The summed E-state index contributed by atoms with van der Waals surface area (Å²) in [6.07, 6.45) is 22.2. The normalized spacial score (nSPS) is 11.5. The Bertz CT molecular complexity index is 580. The molecule has 136 valence electrons. The van der Waals surface area contributed by atoms with Crippen molar-refractivity contribution in [2.45, 2.75) is 12.8 Å². The van der Waals surface area contributed by atoms with Gasteiger partial charge in [-0.2, -0.15) is 12.2 Å². The molecule has 0 N–H and O–H groups in total. The second-order valence-electron chi connectivity index (χ2n) is 4.97. The maximum Gasteiger partial charge on any atom is 0 e. The molecule has 26 heavy (non-hydrogen) atoms. The van der Waals surface area contributed by atoms with Gasteiger partial charge < -0.3 is 0 Å². The summed E-state index contributed by atoms with van der Waals surface area (Å²) in [7, 11) is 0. The maximum atomic E-state index is 2.99. The quantitative estimate of drug-likeness (QED) is 0.288. The molecule has 0 aliphatic heterocycles. The standard InChI is InChI=1S/C13H11.2C5H5.2ClH.Hf/c1-3-7-12(8-4-1)11-13-9-5-2-6-10-13;2*1-2-4-5-3-1;;;/h1-11H;2*1-3H,4H2;2*1H;/q3*-1;;;. The molecule has 0 amide bonds. The smallest absolute Gasteiger partial charge is 0 e. The minimum absolute atomic E-state index is 0. The first-order valence-corrected chi connectivity index (χ1v) is 7.83. The monoisotopic (exact) mass is 549 g/mol. The van der Waals surface area contributed by atoms with Crippen LogP contribution in [0.3, 0.4) is 0 Å². The third kappa shape index (κ3) is 13.0. The molecule has 2 aromatic rings. The Hall–Kier alpha value is -1.28. The molecule has 3 heteroatoms. The van der Waals surface area contributed by atoms with Gasteiger partial charge in [-0.3, -0.25) is 12.2 Å². The molecule has 2 aromatic carbocycles. The first-order chi connectivity index (χ1) is 11.4. The Balaban J connectivity index is 0. The second-order valence-corrected chi connectivity index (χ2v) is 4.97. The van der Waals surface area contributed by atoms with E-state index in [1.807, 2.05) is 36.4 Å². The number of hydrogen-bond acceptors (Lipinski definition) is 0. The average molecular weight is 549 g/mol. The first kappa shape index (κ1) is 26.9. The van der Waals surface area contributed by atoms with E-state index in [0.717, 1.165) is 12.8 Å². The summed E-state index contributed by atoms with van der Waals surface area (Å²) in [5, 5.41) is 0. The molecule has 0 spiro atoms. The molecule has 0 aromatic heterocycles. The van der Waals surface area contributed by atoms with Crippen LogP contribution in [0.4, 0.5) is 0 Å². The summed E-state index contributed by atoms with van der Waals surface area (Å²) in [5.74, 6) is 0. The molecule has 0 fully saturated rings. The van der Waals surface area contributed by atoms with E-state index in [4.69, 9.17) is 0 Å². The summed E-state index contributed by atoms with van der Waals surface area (Å²) in [6, 6.07) is 20.7. The zero-order valence-corrected chi connectivity index (χ0v) is 19.8. The summed E-state index contributed by atoms with van der Waals surface area (Å²) in [4.78, 5) is 0. The van der Waals surface area contributed by atoms with E-state index < -0.39 is 0 Å². The molecule has 0 nitrogen and oxygen atoms in total. The molecule has 2 aliphatic carbocycles. The van der Waals surface area contributed by atoms with Gasteiger partial charge in [0.1, 0.15) is 0 Å². The molecule has 0 radical (unpaired) electrons. The van der Waals surface area contributed by atoms with Crippen molar-refractivity contribution in [3.8, 4) is 0 Å². The Morgan fingerprint density at radius 3 is 1.23 bits per heavy atom. The molecule has 0 unspecified atom stereocenters. The molecule has 0 heterocycles. The number of halogens is 2. The van der Waals surface area contributed by atoms with Gasteiger partial charge in [-0.15, -0.1) is 79.5 Å². The number of benzene rings is 2. The molecule has 2 aliphatic rings. The third-order valence-corrected chi connectivity index (χ3v) is 3.10. The van der Waals surface area contributed by atoms with Crippen LogP contribution in [0.1, 0.15) is 24.0 Å². The van der Waals surface area contributed by atoms with Gasteiger partial charge >= 0.3 is 0 Å². The van der Waals surface area contributed by atoms with Crippen LogP contribution in [0.15, 0.2) is 97.1 Å². The van der Waals surface area contributed by atoms with Crippen LogP contribution in [-0.2, 0) is 25.8 Å². The Kier molecular flexibility index (Phi) is 19.2. The molecule has 4 rings (SSSR count). The zero-order valence-electron chi connectivity index (χ0n) is 14.5. The van der Waals surface area contributed by atoms with Crippen molar-refractivity contribution in [2.24, 2.45) is 0 Å². The van der Waals surface area contributed by atoms with E-state index in [9.17, 15) is 0 Å². The van der Waals surface area contributed by atoms with Crippen LogP contribution in [0.5, 0.6) is 0 Å². The van der Waals surface area contributed by atoms with Gasteiger partial charge in [0.2, 0.25) is 0 Å². The van der Waals surface area contributed by atoms with Gasteiger partial charge in [-0.1, -0.05) is 36.4 Å². The predicted octanol–water partition coefficient (Wildman–Crippen LogP) is 6.74. The van der Waals surface area contributed by atoms with E-state index in [1.165, 1.54) is 11.1 Å². The number of rotatable bonds is 2. The molecule has 0 saturated carbocycles. The van der Waals surface area contributed by atoms with Crippen LogP contribution >= 0.6 is 24.8 Å². The van der Waals surface area contributed by atoms with Gasteiger partial charge in [-0.25, -0.2) is 24.3 Å². The molecule has 0 bridgehead atoms. The van der Waals surface area contributed by atoms with E-state index in [-0.39, 0.29) is 50.7 Å². The molecular weight excluding hydrogens is 526 g/mol. The zero-order chi connectivity index (χ0) is 16.0. The van der Waals surface area contributed by atoms with Crippen molar-refractivity contribution in [1.82, 2.24) is 0 Å². The van der Waals surface area contributed by atoms with Gasteiger partial charge in [-0.05, 0) is 0 Å². The van der Waals surface area contributed by atoms with Crippen molar-refractivity contribution in [3.05, 3.63) is 127 Å². The molecule has 0 atom stereocenters. The van der Waals surface area contributed by atoms with E-state index in [1.54, 1.807) is 0 Å². The summed E-state index contributed by atoms with van der Waals surface area (Å²) < 4.78 is 0. The first-order valence-electron chi connectivity index (χ1n) is 7.83. The average Bonchev–Trinajstić information content (AvgIpc) is 3.35. The third-order valence-electron chi connectivity index (χ3n) is 3.10. The van der Waals surface area contributed by atoms with E-state index >= 15 is 0 Å². The maximum absolute atomic E-state index is 2.99. The summed E-state index contributed by atoms with van der Waals surface area (Å²) >= 11 is 0. The minimum Gasteiger partial charge on any atom is -0.273 e.